The molecule has 3 aromatic rings. The SMILES string of the molecule is Oc1cccc(-c2noc(Cc3c(F)cccc3Cl)n2)c1. The Morgan fingerprint density at radius 3 is 2.76 bits per heavy atom. The van der Waals surface area contributed by atoms with Crippen molar-refractivity contribution in [3.63, 3.8) is 0 Å². The maximum atomic E-state index is 13.7. The molecule has 1 N–H and O–H groups in total. The Morgan fingerprint density at radius 2 is 2.00 bits per heavy atom. The Kier molecular flexibility index (Phi) is 3.58. The second-order valence-electron chi connectivity index (χ2n) is 4.44. The third-order valence-corrected chi connectivity index (χ3v) is 3.32. The summed E-state index contributed by atoms with van der Waals surface area (Å²) < 4.78 is 18.8. The molecule has 0 aliphatic rings. The van der Waals surface area contributed by atoms with Crippen LogP contribution in [-0.2, 0) is 6.42 Å². The third kappa shape index (κ3) is 2.87. The molecule has 0 radical (unpaired) electrons. The van der Waals surface area contributed by atoms with Crippen LogP contribution in [0.25, 0.3) is 11.4 Å². The first-order chi connectivity index (χ1) is 10.1. The molecule has 0 aliphatic carbocycles. The molecular formula is C15H10ClFN2O2. The zero-order valence-electron chi connectivity index (χ0n) is 10.8. The number of aromatic nitrogens is 2. The van der Waals surface area contributed by atoms with Gasteiger partial charge < -0.3 is 9.63 Å². The molecule has 6 heteroatoms. The Bertz CT molecular complexity index is 769. The van der Waals surface area contributed by atoms with E-state index in [1.165, 1.54) is 18.2 Å². The van der Waals surface area contributed by atoms with Crippen molar-refractivity contribution in [2.24, 2.45) is 0 Å². The standard InChI is InChI=1S/C15H10ClFN2O2/c16-12-5-2-6-13(17)11(12)8-14-18-15(19-21-14)9-3-1-4-10(20)7-9/h1-7,20H,8H2. The van der Waals surface area contributed by atoms with Gasteiger partial charge in [-0.1, -0.05) is 35.0 Å². The van der Waals surface area contributed by atoms with Crippen LogP contribution in [0.4, 0.5) is 4.39 Å². The minimum atomic E-state index is -0.417. The lowest BCUT2D eigenvalue weighted by Gasteiger charge is -2.01. The van der Waals surface area contributed by atoms with Crippen LogP contribution in [0.2, 0.25) is 5.02 Å². The molecule has 1 aromatic heterocycles. The molecule has 0 amide bonds. The van der Waals surface area contributed by atoms with Gasteiger partial charge in [0, 0.05) is 16.1 Å². The highest BCUT2D eigenvalue weighted by Crippen LogP contribution is 2.24. The average molecular weight is 305 g/mol. The van der Waals surface area contributed by atoms with Crippen molar-refractivity contribution in [2.75, 3.05) is 0 Å². The lowest BCUT2D eigenvalue weighted by Crippen LogP contribution is -1.94. The number of nitrogens with zero attached hydrogens (tertiary/aromatic N) is 2. The van der Waals surface area contributed by atoms with Crippen LogP contribution in [0.3, 0.4) is 0 Å². The van der Waals surface area contributed by atoms with E-state index in [9.17, 15) is 9.50 Å². The van der Waals surface area contributed by atoms with Crippen molar-refractivity contribution in [1.82, 2.24) is 10.1 Å². The van der Waals surface area contributed by atoms with E-state index in [0.717, 1.165) is 0 Å². The van der Waals surface area contributed by atoms with E-state index in [1.54, 1.807) is 24.3 Å². The van der Waals surface area contributed by atoms with Crippen LogP contribution in [-0.4, -0.2) is 15.2 Å². The number of benzene rings is 2. The lowest BCUT2D eigenvalue weighted by molar-refractivity contribution is 0.384. The summed E-state index contributed by atoms with van der Waals surface area (Å²) in [6.45, 7) is 0. The lowest BCUT2D eigenvalue weighted by atomic mass is 10.1. The molecule has 106 valence electrons. The van der Waals surface area contributed by atoms with Crippen LogP contribution in [0.5, 0.6) is 5.75 Å². The summed E-state index contributed by atoms with van der Waals surface area (Å²) in [5.74, 6) is 0.268. The summed E-state index contributed by atoms with van der Waals surface area (Å²) >= 11 is 5.96. The van der Waals surface area contributed by atoms with Gasteiger partial charge in [0.1, 0.15) is 11.6 Å². The molecule has 0 aliphatic heterocycles. The van der Waals surface area contributed by atoms with Gasteiger partial charge in [-0.25, -0.2) is 4.39 Å². The zero-order valence-corrected chi connectivity index (χ0v) is 11.5. The maximum Gasteiger partial charge on any atom is 0.231 e. The predicted molar refractivity (Wildman–Crippen MR) is 75.6 cm³/mol. The van der Waals surface area contributed by atoms with Crippen LogP contribution >= 0.6 is 11.6 Å². The number of halogens is 2. The summed E-state index contributed by atoms with van der Waals surface area (Å²) in [6, 6.07) is 10.9. The minimum absolute atomic E-state index is 0.107. The second kappa shape index (κ2) is 5.54. The Morgan fingerprint density at radius 1 is 1.19 bits per heavy atom. The molecule has 21 heavy (non-hydrogen) atoms. The molecule has 0 atom stereocenters. The number of hydrogen-bond acceptors (Lipinski definition) is 4. The van der Waals surface area contributed by atoms with Crippen molar-refractivity contribution >= 4 is 11.6 Å². The smallest absolute Gasteiger partial charge is 0.231 e. The summed E-state index contributed by atoms with van der Waals surface area (Å²) in [6.07, 6.45) is 0.108. The highest BCUT2D eigenvalue weighted by Gasteiger charge is 2.14. The number of hydrogen-bond donors (Lipinski definition) is 1. The zero-order chi connectivity index (χ0) is 14.8. The highest BCUT2D eigenvalue weighted by molar-refractivity contribution is 6.31. The second-order valence-corrected chi connectivity index (χ2v) is 4.85. The molecule has 0 saturated carbocycles. The van der Waals surface area contributed by atoms with Crippen molar-refractivity contribution in [3.8, 4) is 17.1 Å². The van der Waals surface area contributed by atoms with Crippen LogP contribution in [0.15, 0.2) is 47.0 Å². The summed E-state index contributed by atoms with van der Waals surface area (Å²) in [4.78, 5) is 4.18. The fraction of sp³-hybridized carbons (Fsp3) is 0.0667. The van der Waals surface area contributed by atoms with E-state index < -0.39 is 5.82 Å². The van der Waals surface area contributed by atoms with E-state index in [-0.39, 0.29) is 18.1 Å². The molecule has 0 spiro atoms. The molecule has 3 rings (SSSR count). The number of phenols is 1. The topological polar surface area (TPSA) is 59.2 Å². The van der Waals surface area contributed by atoms with Gasteiger partial charge in [-0.05, 0) is 24.3 Å². The first-order valence-corrected chi connectivity index (χ1v) is 6.56. The van der Waals surface area contributed by atoms with Crippen LogP contribution in [0, 0.1) is 5.82 Å². The minimum Gasteiger partial charge on any atom is -0.508 e. The number of rotatable bonds is 3. The van der Waals surface area contributed by atoms with Gasteiger partial charge in [-0.3, -0.25) is 0 Å². The van der Waals surface area contributed by atoms with Gasteiger partial charge >= 0.3 is 0 Å². The molecule has 0 unspecified atom stereocenters. The molecule has 0 saturated heterocycles. The fourth-order valence-electron chi connectivity index (χ4n) is 1.94. The van der Waals surface area contributed by atoms with Gasteiger partial charge in [-0.15, -0.1) is 0 Å². The van der Waals surface area contributed by atoms with Gasteiger partial charge in [0.15, 0.2) is 0 Å². The molecule has 0 bridgehead atoms. The summed E-state index contributed by atoms with van der Waals surface area (Å²) in [5, 5.41) is 13.6. The third-order valence-electron chi connectivity index (χ3n) is 2.96. The fourth-order valence-corrected chi connectivity index (χ4v) is 2.17. The molecule has 4 nitrogen and oxygen atoms in total. The number of phenolic OH excluding ortho intramolecular Hbond substituents is 1. The largest absolute Gasteiger partial charge is 0.508 e. The van der Waals surface area contributed by atoms with Crippen molar-refractivity contribution < 1.29 is 14.0 Å². The maximum absolute atomic E-state index is 13.7. The van der Waals surface area contributed by atoms with Crippen LogP contribution < -0.4 is 0 Å². The predicted octanol–water partition coefficient (Wildman–Crippen LogP) is 3.83. The van der Waals surface area contributed by atoms with Gasteiger partial charge in [0.25, 0.3) is 0 Å². The molecule has 0 fully saturated rings. The van der Waals surface area contributed by atoms with Crippen molar-refractivity contribution in [2.45, 2.75) is 6.42 Å². The average Bonchev–Trinajstić information content (AvgIpc) is 2.92. The highest BCUT2D eigenvalue weighted by atomic mass is 35.5. The van der Waals surface area contributed by atoms with Gasteiger partial charge in [-0.2, -0.15) is 4.98 Å². The quantitative estimate of drug-likeness (QED) is 0.799. The van der Waals surface area contributed by atoms with E-state index in [2.05, 4.69) is 10.1 Å². The van der Waals surface area contributed by atoms with Crippen LogP contribution in [0.1, 0.15) is 11.5 Å². The summed E-state index contributed by atoms with van der Waals surface area (Å²) in [5.41, 5.74) is 0.926. The van der Waals surface area contributed by atoms with Crippen molar-refractivity contribution in [1.29, 1.82) is 0 Å². The van der Waals surface area contributed by atoms with Gasteiger partial charge in [0.05, 0.1) is 6.42 Å². The first-order valence-electron chi connectivity index (χ1n) is 6.18. The van der Waals surface area contributed by atoms with E-state index in [0.29, 0.717) is 22.0 Å². The van der Waals surface area contributed by atoms with Crippen molar-refractivity contribution in [3.05, 3.63) is 64.8 Å². The molecule has 2 aromatic carbocycles. The Labute approximate surface area is 124 Å². The first kappa shape index (κ1) is 13.6. The Hall–Kier alpha value is -2.40. The van der Waals surface area contributed by atoms with E-state index in [4.69, 9.17) is 16.1 Å². The normalized spacial score (nSPS) is 10.8. The Balaban J connectivity index is 1.89. The summed E-state index contributed by atoms with van der Waals surface area (Å²) in [7, 11) is 0. The molecule has 1 heterocycles. The van der Waals surface area contributed by atoms with E-state index in [1.807, 2.05) is 0 Å². The number of aromatic hydroxyl groups is 1. The van der Waals surface area contributed by atoms with Gasteiger partial charge in [0.2, 0.25) is 11.7 Å². The monoisotopic (exact) mass is 304 g/mol. The molecular weight excluding hydrogens is 295 g/mol. The van der Waals surface area contributed by atoms with E-state index >= 15 is 0 Å².